The largest absolute Gasteiger partial charge is 0.294 e. The molecular weight excluding hydrogens is 375 g/mol. The number of hydrogen-bond acceptors (Lipinski definition) is 3. The van der Waals surface area contributed by atoms with E-state index in [1.54, 1.807) is 18.3 Å². The van der Waals surface area contributed by atoms with Crippen LogP contribution >= 0.6 is 11.6 Å². The van der Waals surface area contributed by atoms with Gasteiger partial charge >= 0.3 is 0 Å². The predicted molar refractivity (Wildman–Crippen MR) is 96.6 cm³/mol. The summed E-state index contributed by atoms with van der Waals surface area (Å²) in [5.41, 5.74) is 2.91. The third-order valence-corrected chi connectivity index (χ3v) is 4.85. The molecule has 0 N–H and O–H groups in total. The number of halogens is 4. The van der Waals surface area contributed by atoms with E-state index in [4.69, 9.17) is 11.6 Å². The van der Waals surface area contributed by atoms with Crippen LogP contribution in [-0.2, 0) is 19.5 Å². The minimum Gasteiger partial charge on any atom is -0.294 e. The van der Waals surface area contributed by atoms with Crippen molar-refractivity contribution in [2.45, 2.75) is 19.5 Å². The van der Waals surface area contributed by atoms with Crippen LogP contribution in [-0.4, -0.2) is 21.4 Å². The molecule has 0 saturated carbocycles. The van der Waals surface area contributed by atoms with Gasteiger partial charge in [-0.05, 0) is 30.3 Å². The maximum absolute atomic E-state index is 13.9. The number of rotatable bonds is 3. The molecule has 0 radical (unpaired) electrons. The molecule has 7 heteroatoms. The molecule has 1 aliphatic rings. The van der Waals surface area contributed by atoms with Crippen molar-refractivity contribution in [3.05, 3.63) is 81.9 Å². The van der Waals surface area contributed by atoms with Gasteiger partial charge in [-0.1, -0.05) is 11.6 Å². The number of hydrogen-bond donors (Lipinski definition) is 0. The third-order valence-electron chi connectivity index (χ3n) is 4.60. The fourth-order valence-electron chi connectivity index (χ4n) is 3.17. The van der Waals surface area contributed by atoms with E-state index in [2.05, 4.69) is 9.97 Å². The minimum atomic E-state index is -1.18. The van der Waals surface area contributed by atoms with Gasteiger partial charge in [0, 0.05) is 60.0 Å². The standard InChI is InChI=1S/C20H15ClF3N3/c21-15-3-1-12(2-4-15)20-25-9-14-11-27(6-5-19(14)26-20)10-13-7-17(23)18(24)8-16(13)22/h1-4,7-9H,5-6,10-11H2. The van der Waals surface area contributed by atoms with Gasteiger partial charge in [0.25, 0.3) is 0 Å². The maximum atomic E-state index is 13.9. The van der Waals surface area contributed by atoms with Crippen LogP contribution in [0.1, 0.15) is 16.8 Å². The molecule has 0 bridgehead atoms. The normalized spacial score (nSPS) is 14.2. The first-order chi connectivity index (χ1) is 13.0. The molecule has 0 saturated heterocycles. The molecule has 2 aromatic carbocycles. The Morgan fingerprint density at radius 2 is 1.74 bits per heavy atom. The minimum absolute atomic E-state index is 0.135. The number of nitrogens with zero attached hydrogens (tertiary/aromatic N) is 3. The predicted octanol–water partition coefficient (Wildman–Crippen LogP) is 4.77. The van der Waals surface area contributed by atoms with Gasteiger partial charge in [0.2, 0.25) is 0 Å². The summed E-state index contributed by atoms with van der Waals surface area (Å²) in [5.74, 6) is -2.33. The molecule has 0 amide bonds. The lowest BCUT2D eigenvalue weighted by molar-refractivity contribution is 0.239. The first kappa shape index (κ1) is 17.9. The molecule has 0 unspecified atom stereocenters. The Kier molecular flexibility index (Phi) is 4.85. The van der Waals surface area contributed by atoms with Crippen LogP contribution in [0.5, 0.6) is 0 Å². The Bertz CT molecular complexity index is 993. The highest BCUT2D eigenvalue weighted by Gasteiger charge is 2.21. The average Bonchev–Trinajstić information content (AvgIpc) is 2.66. The fraction of sp³-hybridized carbons (Fsp3) is 0.200. The molecule has 3 aromatic rings. The van der Waals surface area contributed by atoms with E-state index in [1.807, 2.05) is 17.0 Å². The van der Waals surface area contributed by atoms with Crippen LogP contribution < -0.4 is 0 Å². The van der Waals surface area contributed by atoms with Gasteiger partial charge in [0.1, 0.15) is 5.82 Å². The summed E-state index contributed by atoms with van der Waals surface area (Å²) in [6, 6.07) is 8.82. The van der Waals surface area contributed by atoms with Crippen molar-refractivity contribution >= 4 is 11.6 Å². The van der Waals surface area contributed by atoms with Crippen molar-refractivity contribution in [3.8, 4) is 11.4 Å². The molecule has 4 rings (SSSR count). The second-order valence-electron chi connectivity index (χ2n) is 6.49. The van der Waals surface area contributed by atoms with E-state index in [0.717, 1.165) is 22.9 Å². The summed E-state index contributed by atoms with van der Waals surface area (Å²) < 4.78 is 40.4. The summed E-state index contributed by atoms with van der Waals surface area (Å²) in [4.78, 5) is 11.0. The summed E-state index contributed by atoms with van der Waals surface area (Å²) in [6.45, 7) is 1.36. The van der Waals surface area contributed by atoms with Gasteiger partial charge in [-0.3, -0.25) is 4.90 Å². The second-order valence-corrected chi connectivity index (χ2v) is 6.93. The van der Waals surface area contributed by atoms with Gasteiger partial charge in [0.15, 0.2) is 17.5 Å². The highest BCUT2D eigenvalue weighted by molar-refractivity contribution is 6.30. The zero-order valence-corrected chi connectivity index (χ0v) is 15.0. The fourth-order valence-corrected chi connectivity index (χ4v) is 3.30. The van der Waals surface area contributed by atoms with E-state index < -0.39 is 17.5 Å². The highest BCUT2D eigenvalue weighted by Crippen LogP contribution is 2.24. The SMILES string of the molecule is Fc1cc(F)c(CN2CCc3nc(-c4ccc(Cl)cc4)ncc3C2)cc1F. The van der Waals surface area contributed by atoms with E-state index in [1.165, 1.54) is 0 Å². The molecule has 0 atom stereocenters. The average molecular weight is 390 g/mol. The van der Waals surface area contributed by atoms with Crippen LogP contribution in [0.2, 0.25) is 5.02 Å². The molecule has 138 valence electrons. The summed E-state index contributed by atoms with van der Waals surface area (Å²) in [5, 5.41) is 0.650. The van der Waals surface area contributed by atoms with E-state index in [0.29, 0.717) is 36.4 Å². The summed E-state index contributed by atoms with van der Waals surface area (Å²) in [7, 11) is 0. The van der Waals surface area contributed by atoms with Crippen LogP contribution in [0.25, 0.3) is 11.4 Å². The number of aromatic nitrogens is 2. The lowest BCUT2D eigenvalue weighted by Gasteiger charge is -2.28. The van der Waals surface area contributed by atoms with Crippen molar-refractivity contribution in [1.29, 1.82) is 0 Å². The molecule has 0 aliphatic carbocycles. The van der Waals surface area contributed by atoms with Crippen LogP contribution in [0.15, 0.2) is 42.6 Å². The monoisotopic (exact) mass is 389 g/mol. The molecule has 1 aromatic heterocycles. The first-order valence-electron chi connectivity index (χ1n) is 8.46. The Morgan fingerprint density at radius 1 is 1.00 bits per heavy atom. The van der Waals surface area contributed by atoms with Crippen molar-refractivity contribution in [1.82, 2.24) is 14.9 Å². The topological polar surface area (TPSA) is 29.0 Å². The van der Waals surface area contributed by atoms with Gasteiger partial charge in [0.05, 0.1) is 5.69 Å². The van der Waals surface area contributed by atoms with Crippen molar-refractivity contribution in [2.75, 3.05) is 6.54 Å². The Labute approximate surface area is 159 Å². The van der Waals surface area contributed by atoms with E-state index in [9.17, 15) is 13.2 Å². The third kappa shape index (κ3) is 3.82. The van der Waals surface area contributed by atoms with Gasteiger partial charge in [-0.2, -0.15) is 0 Å². The summed E-state index contributed by atoms with van der Waals surface area (Å²) in [6.07, 6.45) is 2.43. The van der Waals surface area contributed by atoms with Crippen LogP contribution in [0, 0.1) is 17.5 Å². The molecule has 1 aliphatic heterocycles. The Hall–Kier alpha value is -2.44. The lowest BCUT2D eigenvalue weighted by Crippen LogP contribution is -2.31. The van der Waals surface area contributed by atoms with Gasteiger partial charge in [-0.25, -0.2) is 23.1 Å². The Morgan fingerprint density at radius 3 is 2.52 bits per heavy atom. The molecule has 2 heterocycles. The zero-order valence-electron chi connectivity index (χ0n) is 14.2. The van der Waals surface area contributed by atoms with E-state index in [-0.39, 0.29) is 12.1 Å². The van der Waals surface area contributed by atoms with Crippen LogP contribution in [0.4, 0.5) is 13.2 Å². The van der Waals surface area contributed by atoms with Crippen molar-refractivity contribution < 1.29 is 13.2 Å². The number of fused-ring (bicyclic) bond motifs is 1. The highest BCUT2D eigenvalue weighted by atomic mass is 35.5. The molecule has 0 fully saturated rings. The second kappa shape index (κ2) is 7.29. The van der Waals surface area contributed by atoms with E-state index >= 15 is 0 Å². The Balaban J connectivity index is 1.52. The smallest absolute Gasteiger partial charge is 0.161 e. The number of benzene rings is 2. The van der Waals surface area contributed by atoms with Crippen molar-refractivity contribution in [2.24, 2.45) is 0 Å². The maximum Gasteiger partial charge on any atom is 0.161 e. The quantitative estimate of drug-likeness (QED) is 0.604. The summed E-state index contributed by atoms with van der Waals surface area (Å²) >= 11 is 5.91. The molecular formula is C20H15ClF3N3. The van der Waals surface area contributed by atoms with Crippen LogP contribution in [0.3, 0.4) is 0 Å². The van der Waals surface area contributed by atoms with Crippen molar-refractivity contribution in [3.63, 3.8) is 0 Å². The zero-order chi connectivity index (χ0) is 19.0. The first-order valence-corrected chi connectivity index (χ1v) is 8.84. The molecule has 3 nitrogen and oxygen atoms in total. The molecule has 0 spiro atoms. The van der Waals surface area contributed by atoms with Gasteiger partial charge in [-0.15, -0.1) is 0 Å². The molecule has 27 heavy (non-hydrogen) atoms. The lowest BCUT2D eigenvalue weighted by atomic mass is 10.1. The van der Waals surface area contributed by atoms with Gasteiger partial charge < -0.3 is 0 Å².